The van der Waals surface area contributed by atoms with Crippen LogP contribution in [0, 0.1) is 5.92 Å². The number of aliphatic hydroxyl groups is 1. The quantitative estimate of drug-likeness (QED) is 0.679. The highest BCUT2D eigenvalue weighted by molar-refractivity contribution is 8.13. The summed E-state index contributed by atoms with van der Waals surface area (Å²) in [5.41, 5.74) is 0. The van der Waals surface area contributed by atoms with Crippen LogP contribution >= 0.6 is 11.8 Å². The fraction of sp³-hybridized carbons (Fsp3) is 0.857. The van der Waals surface area contributed by atoms with Gasteiger partial charge in [-0.05, 0) is 12.7 Å². The lowest BCUT2D eigenvalue weighted by Crippen LogP contribution is -2.20. The van der Waals surface area contributed by atoms with Gasteiger partial charge in [-0.2, -0.15) is 0 Å². The topological polar surface area (TPSA) is 37.3 Å². The van der Waals surface area contributed by atoms with Gasteiger partial charge in [0.25, 0.3) is 0 Å². The molecule has 0 heterocycles. The number of carbonyl (C=O) groups is 1. The van der Waals surface area contributed by atoms with Gasteiger partial charge < -0.3 is 5.11 Å². The third kappa shape index (κ3) is 3.22. The van der Waals surface area contributed by atoms with Gasteiger partial charge in [0.2, 0.25) is 0 Å². The molecule has 10 heavy (non-hydrogen) atoms. The number of hydrogen-bond donors (Lipinski definition) is 1. The Kier molecular flexibility index (Phi) is 4.73. The predicted octanol–water partition coefficient (Wildman–Crippen LogP) is 1.28. The predicted molar refractivity (Wildman–Crippen MR) is 44.0 cm³/mol. The van der Waals surface area contributed by atoms with E-state index in [9.17, 15) is 4.79 Å². The monoisotopic (exact) mass is 162 g/mol. The molecule has 0 rings (SSSR count). The van der Waals surface area contributed by atoms with Crippen LogP contribution in [0.2, 0.25) is 0 Å². The zero-order chi connectivity index (χ0) is 8.15. The molecule has 0 aromatic heterocycles. The average molecular weight is 162 g/mol. The van der Waals surface area contributed by atoms with Gasteiger partial charge in [0.1, 0.15) is 0 Å². The summed E-state index contributed by atoms with van der Waals surface area (Å²) in [4.78, 5) is 11.0. The van der Waals surface area contributed by atoms with Crippen molar-refractivity contribution in [3.63, 3.8) is 0 Å². The van der Waals surface area contributed by atoms with Crippen molar-refractivity contribution in [1.82, 2.24) is 0 Å². The molecule has 0 aliphatic carbocycles. The Bertz CT molecular complexity index is 112. The van der Waals surface area contributed by atoms with Crippen molar-refractivity contribution in [2.75, 3.05) is 5.75 Å². The maximum atomic E-state index is 11.0. The Hall–Kier alpha value is -0.0200. The van der Waals surface area contributed by atoms with Gasteiger partial charge in [-0.3, -0.25) is 4.79 Å². The summed E-state index contributed by atoms with van der Waals surface area (Å²) >= 11 is 1.27. The largest absolute Gasteiger partial charge is 0.393 e. The molecule has 0 aliphatic heterocycles. The molecule has 0 saturated carbocycles. The van der Waals surface area contributed by atoms with Crippen LogP contribution in [0.3, 0.4) is 0 Å². The van der Waals surface area contributed by atoms with E-state index in [4.69, 9.17) is 5.11 Å². The van der Waals surface area contributed by atoms with E-state index in [-0.39, 0.29) is 11.0 Å². The molecule has 2 unspecified atom stereocenters. The Morgan fingerprint density at radius 2 is 2.10 bits per heavy atom. The smallest absolute Gasteiger partial charge is 0.194 e. The second kappa shape index (κ2) is 4.74. The highest BCUT2D eigenvalue weighted by Crippen LogP contribution is 2.13. The molecular weight excluding hydrogens is 148 g/mol. The number of aliphatic hydroxyl groups excluding tert-OH is 1. The van der Waals surface area contributed by atoms with E-state index < -0.39 is 6.10 Å². The van der Waals surface area contributed by atoms with E-state index in [1.165, 1.54) is 11.8 Å². The SMILES string of the molecule is CCSC(=O)C(C)C(C)O. The van der Waals surface area contributed by atoms with Crippen molar-refractivity contribution in [3.8, 4) is 0 Å². The lowest BCUT2D eigenvalue weighted by atomic mass is 10.1. The van der Waals surface area contributed by atoms with Crippen LogP contribution in [0.25, 0.3) is 0 Å². The molecule has 0 aliphatic rings. The van der Waals surface area contributed by atoms with Crippen molar-refractivity contribution < 1.29 is 9.90 Å². The molecule has 1 N–H and O–H groups in total. The first-order valence-corrected chi connectivity index (χ1v) is 4.42. The number of hydrogen-bond acceptors (Lipinski definition) is 3. The second-order valence-corrected chi connectivity index (χ2v) is 3.55. The minimum Gasteiger partial charge on any atom is -0.393 e. The molecule has 0 aromatic carbocycles. The van der Waals surface area contributed by atoms with Crippen LogP contribution in [0.15, 0.2) is 0 Å². The molecular formula is C7H14O2S. The standard InChI is InChI=1S/C7H14O2S/c1-4-10-7(9)5(2)6(3)8/h5-6,8H,4H2,1-3H3. The van der Waals surface area contributed by atoms with Crippen LogP contribution in [0.4, 0.5) is 0 Å². The Labute approximate surface area is 66.0 Å². The van der Waals surface area contributed by atoms with E-state index in [1.807, 2.05) is 6.92 Å². The van der Waals surface area contributed by atoms with Crippen LogP contribution < -0.4 is 0 Å². The Morgan fingerprint density at radius 1 is 1.60 bits per heavy atom. The summed E-state index contributed by atoms with van der Waals surface area (Å²) in [5.74, 6) is 0.556. The van der Waals surface area contributed by atoms with Crippen LogP contribution in [0.5, 0.6) is 0 Å². The first-order valence-electron chi connectivity index (χ1n) is 3.44. The molecule has 0 bridgehead atoms. The molecule has 0 fully saturated rings. The van der Waals surface area contributed by atoms with Gasteiger partial charge in [0, 0.05) is 0 Å². The number of rotatable bonds is 3. The second-order valence-electron chi connectivity index (χ2n) is 2.28. The van der Waals surface area contributed by atoms with Gasteiger partial charge in [-0.15, -0.1) is 0 Å². The molecule has 2 atom stereocenters. The van der Waals surface area contributed by atoms with E-state index in [2.05, 4.69) is 0 Å². The fourth-order valence-electron chi connectivity index (χ4n) is 0.471. The summed E-state index contributed by atoms with van der Waals surface area (Å²) in [6.45, 7) is 5.31. The van der Waals surface area contributed by atoms with Gasteiger partial charge in [-0.25, -0.2) is 0 Å². The van der Waals surface area contributed by atoms with Crippen LogP contribution in [-0.2, 0) is 4.79 Å². The average Bonchev–Trinajstić information content (AvgIpc) is 1.87. The minimum absolute atomic E-state index is 0.0810. The molecule has 0 radical (unpaired) electrons. The van der Waals surface area contributed by atoms with E-state index >= 15 is 0 Å². The molecule has 0 aromatic rings. The maximum Gasteiger partial charge on any atom is 0.194 e. The lowest BCUT2D eigenvalue weighted by Gasteiger charge is -2.11. The van der Waals surface area contributed by atoms with E-state index in [0.717, 1.165) is 5.75 Å². The molecule has 3 heteroatoms. The number of thioether (sulfide) groups is 1. The first-order chi connectivity index (χ1) is 4.59. The van der Waals surface area contributed by atoms with Crippen molar-refractivity contribution in [3.05, 3.63) is 0 Å². The van der Waals surface area contributed by atoms with Crippen LogP contribution in [-0.4, -0.2) is 22.1 Å². The Morgan fingerprint density at radius 3 is 2.40 bits per heavy atom. The van der Waals surface area contributed by atoms with Gasteiger partial charge in [0.15, 0.2) is 5.12 Å². The molecule has 0 saturated heterocycles. The summed E-state index contributed by atoms with van der Waals surface area (Å²) in [5, 5.41) is 9.06. The van der Waals surface area contributed by atoms with E-state index in [0.29, 0.717) is 0 Å². The summed E-state index contributed by atoms with van der Waals surface area (Å²) in [7, 11) is 0. The third-order valence-electron chi connectivity index (χ3n) is 1.38. The number of carbonyl (C=O) groups excluding carboxylic acids is 1. The third-order valence-corrected chi connectivity index (χ3v) is 2.33. The van der Waals surface area contributed by atoms with E-state index in [1.54, 1.807) is 13.8 Å². The normalized spacial score (nSPS) is 16.4. The van der Waals surface area contributed by atoms with Gasteiger partial charge in [0.05, 0.1) is 12.0 Å². The lowest BCUT2D eigenvalue weighted by molar-refractivity contribution is -0.116. The highest BCUT2D eigenvalue weighted by atomic mass is 32.2. The molecule has 0 spiro atoms. The highest BCUT2D eigenvalue weighted by Gasteiger charge is 2.17. The van der Waals surface area contributed by atoms with Gasteiger partial charge >= 0.3 is 0 Å². The summed E-state index contributed by atoms with van der Waals surface area (Å²) < 4.78 is 0. The van der Waals surface area contributed by atoms with Crippen molar-refractivity contribution >= 4 is 16.9 Å². The first kappa shape index (κ1) is 9.98. The minimum atomic E-state index is -0.522. The zero-order valence-electron chi connectivity index (χ0n) is 6.63. The fourth-order valence-corrected chi connectivity index (χ4v) is 1.21. The van der Waals surface area contributed by atoms with Crippen LogP contribution in [0.1, 0.15) is 20.8 Å². The summed E-state index contributed by atoms with van der Waals surface area (Å²) in [6, 6.07) is 0. The molecule has 60 valence electrons. The Balaban J connectivity index is 3.71. The zero-order valence-corrected chi connectivity index (χ0v) is 7.44. The maximum absolute atomic E-state index is 11.0. The van der Waals surface area contributed by atoms with Gasteiger partial charge in [-0.1, -0.05) is 25.6 Å². The van der Waals surface area contributed by atoms with Crippen molar-refractivity contribution in [2.24, 2.45) is 5.92 Å². The van der Waals surface area contributed by atoms with Crippen molar-refractivity contribution in [1.29, 1.82) is 0 Å². The van der Waals surface area contributed by atoms with Crippen molar-refractivity contribution in [2.45, 2.75) is 26.9 Å². The molecule has 2 nitrogen and oxygen atoms in total. The summed E-state index contributed by atoms with van der Waals surface area (Å²) in [6.07, 6.45) is -0.522. The molecule has 0 amide bonds.